The van der Waals surface area contributed by atoms with Gasteiger partial charge in [0.05, 0.1) is 19.0 Å². The first-order chi connectivity index (χ1) is 6.74. The molecule has 0 saturated heterocycles. The Morgan fingerprint density at radius 1 is 1.57 bits per heavy atom. The van der Waals surface area contributed by atoms with Crippen molar-refractivity contribution in [3.63, 3.8) is 0 Å². The third-order valence-corrected chi connectivity index (χ3v) is 2.57. The average molecular weight is 214 g/mol. The summed E-state index contributed by atoms with van der Waals surface area (Å²) in [6.45, 7) is 4.99. The molecule has 0 bridgehead atoms. The van der Waals surface area contributed by atoms with Crippen molar-refractivity contribution in [3.05, 3.63) is 12.4 Å². The van der Waals surface area contributed by atoms with Crippen LogP contribution in [0.5, 0.6) is 5.75 Å². The van der Waals surface area contributed by atoms with E-state index in [1.807, 2.05) is 22.6 Å². The fourth-order valence-corrected chi connectivity index (χ4v) is 1.48. The standard InChI is InChI=1S/C10H18N2OS/c1-9(2)12-8-10(7-11-12)13-5-4-6-14-3/h7-9H,4-6H2,1-3H3. The van der Waals surface area contributed by atoms with Crippen molar-refractivity contribution < 1.29 is 4.74 Å². The minimum atomic E-state index is 0.401. The molecule has 0 saturated carbocycles. The van der Waals surface area contributed by atoms with Gasteiger partial charge in [-0.15, -0.1) is 0 Å². The summed E-state index contributed by atoms with van der Waals surface area (Å²) in [6.07, 6.45) is 6.92. The zero-order chi connectivity index (χ0) is 10.4. The van der Waals surface area contributed by atoms with Crippen molar-refractivity contribution in [3.8, 4) is 5.75 Å². The van der Waals surface area contributed by atoms with Gasteiger partial charge in [-0.1, -0.05) is 0 Å². The van der Waals surface area contributed by atoms with Crippen LogP contribution in [0.1, 0.15) is 26.3 Å². The van der Waals surface area contributed by atoms with Crippen molar-refractivity contribution in [1.29, 1.82) is 0 Å². The van der Waals surface area contributed by atoms with E-state index in [9.17, 15) is 0 Å². The molecular weight excluding hydrogens is 196 g/mol. The Bertz CT molecular complexity index is 260. The smallest absolute Gasteiger partial charge is 0.157 e. The first-order valence-corrected chi connectivity index (χ1v) is 6.29. The lowest BCUT2D eigenvalue weighted by Crippen LogP contribution is -2.00. The first kappa shape index (κ1) is 11.4. The van der Waals surface area contributed by atoms with Crippen LogP contribution >= 0.6 is 11.8 Å². The van der Waals surface area contributed by atoms with Crippen molar-refractivity contribution >= 4 is 11.8 Å². The second kappa shape index (κ2) is 5.96. The molecule has 1 aromatic heterocycles. The van der Waals surface area contributed by atoms with E-state index in [1.165, 1.54) is 0 Å². The van der Waals surface area contributed by atoms with Gasteiger partial charge in [-0.3, -0.25) is 4.68 Å². The van der Waals surface area contributed by atoms with Gasteiger partial charge in [0.15, 0.2) is 5.75 Å². The molecule has 4 heteroatoms. The van der Waals surface area contributed by atoms with Crippen molar-refractivity contribution in [2.75, 3.05) is 18.6 Å². The van der Waals surface area contributed by atoms with E-state index >= 15 is 0 Å². The first-order valence-electron chi connectivity index (χ1n) is 4.90. The van der Waals surface area contributed by atoms with E-state index in [0.29, 0.717) is 6.04 Å². The zero-order valence-corrected chi connectivity index (χ0v) is 9.88. The number of rotatable bonds is 6. The van der Waals surface area contributed by atoms with E-state index in [2.05, 4.69) is 25.2 Å². The summed E-state index contributed by atoms with van der Waals surface area (Å²) >= 11 is 1.85. The van der Waals surface area contributed by atoms with Crippen LogP contribution in [0.25, 0.3) is 0 Å². The van der Waals surface area contributed by atoms with Gasteiger partial charge in [0, 0.05) is 6.04 Å². The topological polar surface area (TPSA) is 27.1 Å². The fraction of sp³-hybridized carbons (Fsp3) is 0.700. The van der Waals surface area contributed by atoms with Crippen LogP contribution in [0.3, 0.4) is 0 Å². The minimum Gasteiger partial charge on any atom is -0.490 e. The Kier molecular flexibility index (Phi) is 4.87. The Hall–Kier alpha value is -0.640. The molecule has 0 atom stereocenters. The van der Waals surface area contributed by atoms with Crippen LogP contribution in [-0.4, -0.2) is 28.4 Å². The highest BCUT2D eigenvalue weighted by atomic mass is 32.2. The predicted molar refractivity (Wildman–Crippen MR) is 61.1 cm³/mol. The van der Waals surface area contributed by atoms with Crippen molar-refractivity contribution in [2.24, 2.45) is 0 Å². The molecule has 0 N–H and O–H groups in total. The van der Waals surface area contributed by atoms with E-state index in [-0.39, 0.29) is 0 Å². The summed E-state index contributed by atoms with van der Waals surface area (Å²) < 4.78 is 7.45. The molecule has 14 heavy (non-hydrogen) atoms. The third-order valence-electron chi connectivity index (χ3n) is 1.87. The van der Waals surface area contributed by atoms with E-state index in [0.717, 1.165) is 24.5 Å². The van der Waals surface area contributed by atoms with Crippen LogP contribution in [0, 0.1) is 0 Å². The average Bonchev–Trinajstić information content (AvgIpc) is 2.61. The largest absolute Gasteiger partial charge is 0.490 e. The summed E-state index contributed by atoms with van der Waals surface area (Å²) in [5.41, 5.74) is 0. The normalized spacial score (nSPS) is 10.9. The lowest BCUT2D eigenvalue weighted by atomic mass is 10.4. The SMILES string of the molecule is CSCCCOc1cnn(C(C)C)c1. The van der Waals surface area contributed by atoms with Gasteiger partial charge >= 0.3 is 0 Å². The Balaban J connectivity index is 2.29. The Morgan fingerprint density at radius 3 is 2.93 bits per heavy atom. The number of thioether (sulfide) groups is 1. The summed E-state index contributed by atoms with van der Waals surface area (Å²) in [7, 11) is 0. The molecule has 0 aliphatic rings. The molecule has 0 amide bonds. The van der Waals surface area contributed by atoms with E-state index in [1.54, 1.807) is 6.20 Å². The summed E-state index contributed by atoms with van der Waals surface area (Å²) in [6, 6.07) is 0.401. The highest BCUT2D eigenvalue weighted by Crippen LogP contribution is 2.12. The quantitative estimate of drug-likeness (QED) is 0.681. The molecule has 0 aliphatic heterocycles. The molecule has 80 valence electrons. The van der Waals surface area contributed by atoms with E-state index < -0.39 is 0 Å². The van der Waals surface area contributed by atoms with Crippen molar-refractivity contribution in [2.45, 2.75) is 26.3 Å². The van der Waals surface area contributed by atoms with Crippen LogP contribution < -0.4 is 4.74 Å². The summed E-state index contributed by atoms with van der Waals surface area (Å²) in [5, 5.41) is 4.20. The monoisotopic (exact) mass is 214 g/mol. The van der Waals surface area contributed by atoms with Crippen LogP contribution in [-0.2, 0) is 0 Å². The van der Waals surface area contributed by atoms with Crippen LogP contribution in [0.2, 0.25) is 0 Å². The van der Waals surface area contributed by atoms with Gasteiger partial charge in [0.25, 0.3) is 0 Å². The third kappa shape index (κ3) is 3.62. The predicted octanol–water partition coefficient (Wildman–Crippen LogP) is 2.60. The molecule has 0 unspecified atom stereocenters. The Labute approximate surface area is 89.8 Å². The lowest BCUT2D eigenvalue weighted by Gasteiger charge is -2.04. The number of aromatic nitrogens is 2. The molecule has 1 rings (SSSR count). The van der Waals surface area contributed by atoms with Gasteiger partial charge in [0.1, 0.15) is 0 Å². The maximum Gasteiger partial charge on any atom is 0.157 e. The molecule has 1 heterocycles. The maximum absolute atomic E-state index is 5.54. The molecule has 0 radical (unpaired) electrons. The molecule has 1 aromatic rings. The number of ether oxygens (including phenoxy) is 1. The maximum atomic E-state index is 5.54. The molecule has 3 nitrogen and oxygen atoms in total. The molecule has 0 aliphatic carbocycles. The number of hydrogen-bond donors (Lipinski definition) is 0. The van der Waals surface area contributed by atoms with Crippen LogP contribution in [0.4, 0.5) is 0 Å². The molecule has 0 fully saturated rings. The Morgan fingerprint density at radius 2 is 2.36 bits per heavy atom. The van der Waals surface area contributed by atoms with Crippen molar-refractivity contribution in [1.82, 2.24) is 9.78 Å². The lowest BCUT2D eigenvalue weighted by molar-refractivity contribution is 0.318. The summed E-state index contributed by atoms with van der Waals surface area (Å²) in [5.74, 6) is 2.03. The fourth-order valence-electron chi connectivity index (χ4n) is 1.07. The number of nitrogens with zero attached hydrogens (tertiary/aromatic N) is 2. The second-order valence-corrected chi connectivity index (χ2v) is 4.43. The van der Waals surface area contributed by atoms with Gasteiger partial charge in [-0.25, -0.2) is 0 Å². The molecule has 0 aromatic carbocycles. The van der Waals surface area contributed by atoms with E-state index in [4.69, 9.17) is 4.74 Å². The highest BCUT2D eigenvalue weighted by molar-refractivity contribution is 7.98. The molecular formula is C10H18N2OS. The van der Waals surface area contributed by atoms with Gasteiger partial charge < -0.3 is 4.74 Å². The van der Waals surface area contributed by atoms with Gasteiger partial charge in [-0.2, -0.15) is 16.9 Å². The summed E-state index contributed by atoms with van der Waals surface area (Å²) in [4.78, 5) is 0. The second-order valence-electron chi connectivity index (χ2n) is 3.44. The highest BCUT2D eigenvalue weighted by Gasteiger charge is 2.01. The van der Waals surface area contributed by atoms with Gasteiger partial charge in [0.2, 0.25) is 0 Å². The van der Waals surface area contributed by atoms with Gasteiger partial charge in [-0.05, 0) is 32.3 Å². The number of hydrogen-bond acceptors (Lipinski definition) is 3. The van der Waals surface area contributed by atoms with Crippen LogP contribution in [0.15, 0.2) is 12.4 Å². The minimum absolute atomic E-state index is 0.401. The molecule has 0 spiro atoms. The zero-order valence-electron chi connectivity index (χ0n) is 9.06.